The molecule has 220 valence electrons. The molecule has 0 radical (unpaired) electrons. The minimum absolute atomic E-state index is 0.114. The van der Waals surface area contributed by atoms with Gasteiger partial charge >= 0.3 is 0 Å². The maximum atomic E-state index is 15.1. The first-order chi connectivity index (χ1) is 19.2. The maximum absolute atomic E-state index is 15.1. The number of rotatable bonds is 10. The summed E-state index contributed by atoms with van der Waals surface area (Å²) in [6, 6.07) is 15.2. The van der Waals surface area contributed by atoms with Gasteiger partial charge in [0.1, 0.15) is 18.4 Å². The second-order valence-corrected chi connectivity index (χ2v) is 13.3. The van der Waals surface area contributed by atoms with E-state index >= 15 is 4.39 Å². The van der Waals surface area contributed by atoms with Crippen LogP contribution in [0.1, 0.15) is 45.2 Å². The zero-order valence-corrected chi connectivity index (χ0v) is 25.9. The minimum Gasteiger partial charge on any atom is -0.350 e. The van der Waals surface area contributed by atoms with Crippen molar-refractivity contribution in [1.82, 2.24) is 10.2 Å². The van der Waals surface area contributed by atoms with Gasteiger partial charge in [0.25, 0.3) is 10.0 Å². The predicted octanol–water partition coefficient (Wildman–Crippen LogP) is 6.36. The van der Waals surface area contributed by atoms with E-state index < -0.39 is 45.8 Å². The van der Waals surface area contributed by atoms with E-state index in [-0.39, 0.29) is 33.6 Å². The molecule has 41 heavy (non-hydrogen) atoms. The summed E-state index contributed by atoms with van der Waals surface area (Å²) in [5.74, 6) is -2.00. The Labute approximate surface area is 251 Å². The van der Waals surface area contributed by atoms with Gasteiger partial charge in [-0.05, 0) is 70.5 Å². The van der Waals surface area contributed by atoms with Crippen LogP contribution >= 0.6 is 23.2 Å². The number of carbonyl (C=O) groups is 2. The Morgan fingerprint density at radius 3 is 2.07 bits per heavy atom. The minimum atomic E-state index is -4.40. The fourth-order valence-corrected chi connectivity index (χ4v) is 6.17. The molecule has 0 aromatic heterocycles. The number of aryl methyl sites for hydroxylation is 1. The van der Waals surface area contributed by atoms with Crippen LogP contribution in [0.5, 0.6) is 0 Å². The number of carbonyl (C=O) groups excluding carboxylic acids is 2. The molecule has 0 fully saturated rings. The average Bonchev–Trinajstić information content (AvgIpc) is 2.88. The van der Waals surface area contributed by atoms with Gasteiger partial charge in [0.2, 0.25) is 11.8 Å². The topological polar surface area (TPSA) is 86.8 Å². The molecular formula is C30H34Cl2FN3O4S. The van der Waals surface area contributed by atoms with E-state index in [1.54, 1.807) is 44.2 Å². The summed E-state index contributed by atoms with van der Waals surface area (Å²) in [4.78, 5) is 28.6. The first-order valence-corrected chi connectivity index (χ1v) is 15.2. The predicted molar refractivity (Wildman–Crippen MR) is 161 cm³/mol. The Morgan fingerprint density at radius 1 is 0.951 bits per heavy atom. The summed E-state index contributed by atoms with van der Waals surface area (Å²) in [7, 11) is -4.40. The molecule has 0 spiro atoms. The molecule has 1 unspecified atom stereocenters. The highest BCUT2D eigenvalue weighted by atomic mass is 35.5. The maximum Gasteiger partial charge on any atom is 0.264 e. The Balaban J connectivity index is 2.13. The third-order valence-electron chi connectivity index (χ3n) is 6.28. The van der Waals surface area contributed by atoms with E-state index in [0.717, 1.165) is 15.9 Å². The summed E-state index contributed by atoms with van der Waals surface area (Å²) in [6.07, 6.45) is 0.208. The van der Waals surface area contributed by atoms with E-state index in [9.17, 15) is 18.0 Å². The van der Waals surface area contributed by atoms with Crippen LogP contribution in [0.3, 0.4) is 0 Å². The molecular weight excluding hydrogens is 588 g/mol. The number of hydrogen-bond acceptors (Lipinski definition) is 4. The zero-order chi connectivity index (χ0) is 30.5. The van der Waals surface area contributed by atoms with E-state index in [4.69, 9.17) is 23.2 Å². The average molecular weight is 623 g/mol. The summed E-state index contributed by atoms with van der Waals surface area (Å²) >= 11 is 12.8. The molecule has 0 saturated carbocycles. The number of nitrogens with zero attached hydrogens (tertiary/aromatic N) is 2. The fourth-order valence-electron chi connectivity index (χ4n) is 4.23. The van der Waals surface area contributed by atoms with Crippen molar-refractivity contribution in [3.8, 4) is 0 Å². The molecule has 3 aromatic rings. The van der Waals surface area contributed by atoms with Crippen molar-refractivity contribution >= 4 is 50.7 Å². The van der Waals surface area contributed by atoms with Gasteiger partial charge in [-0.15, -0.1) is 0 Å². The van der Waals surface area contributed by atoms with Gasteiger partial charge in [0.15, 0.2) is 0 Å². The lowest BCUT2D eigenvalue weighted by atomic mass is 10.1. The number of halogens is 3. The Morgan fingerprint density at radius 2 is 1.54 bits per heavy atom. The zero-order valence-electron chi connectivity index (χ0n) is 23.6. The van der Waals surface area contributed by atoms with E-state index in [1.807, 2.05) is 20.8 Å². The van der Waals surface area contributed by atoms with Gasteiger partial charge in [0.05, 0.1) is 10.6 Å². The monoisotopic (exact) mass is 621 g/mol. The van der Waals surface area contributed by atoms with Crippen molar-refractivity contribution in [2.24, 2.45) is 0 Å². The third kappa shape index (κ3) is 7.99. The van der Waals surface area contributed by atoms with Crippen molar-refractivity contribution in [3.05, 3.63) is 93.7 Å². The number of nitrogens with one attached hydrogen (secondary N) is 1. The molecule has 0 saturated heterocycles. The highest BCUT2D eigenvalue weighted by Gasteiger charge is 2.35. The number of hydrogen-bond donors (Lipinski definition) is 1. The Bertz CT molecular complexity index is 1490. The van der Waals surface area contributed by atoms with Crippen LogP contribution in [-0.4, -0.2) is 43.3 Å². The summed E-state index contributed by atoms with van der Waals surface area (Å²) < 4.78 is 43.5. The third-order valence-corrected chi connectivity index (χ3v) is 8.77. The molecule has 0 heterocycles. The van der Waals surface area contributed by atoms with Crippen molar-refractivity contribution in [2.45, 2.75) is 64.1 Å². The molecule has 11 heteroatoms. The fraction of sp³-hybridized carbons (Fsp3) is 0.333. The second-order valence-electron chi connectivity index (χ2n) is 10.7. The van der Waals surface area contributed by atoms with Gasteiger partial charge in [-0.1, -0.05) is 66.0 Å². The highest BCUT2D eigenvalue weighted by Crippen LogP contribution is 2.30. The summed E-state index contributed by atoms with van der Waals surface area (Å²) in [6.45, 7) is 8.01. The summed E-state index contributed by atoms with van der Waals surface area (Å²) in [5, 5.41) is 3.44. The lowest BCUT2D eigenvalue weighted by Gasteiger charge is -2.35. The molecule has 1 atom stereocenters. The van der Waals surface area contributed by atoms with Gasteiger partial charge in [0, 0.05) is 27.7 Å². The Kier molecular flexibility index (Phi) is 10.4. The van der Waals surface area contributed by atoms with Crippen LogP contribution in [0, 0.1) is 12.7 Å². The van der Waals surface area contributed by atoms with Gasteiger partial charge in [-0.3, -0.25) is 13.9 Å². The molecule has 0 aliphatic heterocycles. The number of amides is 2. The van der Waals surface area contributed by atoms with Crippen LogP contribution in [0.25, 0.3) is 0 Å². The van der Waals surface area contributed by atoms with Crippen LogP contribution in [0.15, 0.2) is 71.6 Å². The summed E-state index contributed by atoms with van der Waals surface area (Å²) in [5.41, 5.74) is 0.320. The smallest absolute Gasteiger partial charge is 0.264 e. The van der Waals surface area contributed by atoms with Gasteiger partial charge in [-0.2, -0.15) is 0 Å². The van der Waals surface area contributed by atoms with Crippen LogP contribution in [0.4, 0.5) is 10.1 Å². The molecule has 0 bridgehead atoms. The Hall–Kier alpha value is -3.14. The van der Waals surface area contributed by atoms with Crippen molar-refractivity contribution < 1.29 is 22.4 Å². The largest absolute Gasteiger partial charge is 0.350 e. The molecule has 2 amide bonds. The number of anilines is 1. The molecule has 7 nitrogen and oxygen atoms in total. The second kappa shape index (κ2) is 13.2. The number of benzene rings is 3. The van der Waals surface area contributed by atoms with E-state index in [1.165, 1.54) is 35.2 Å². The van der Waals surface area contributed by atoms with Crippen LogP contribution < -0.4 is 9.62 Å². The highest BCUT2D eigenvalue weighted by molar-refractivity contribution is 7.92. The lowest BCUT2D eigenvalue weighted by molar-refractivity contribution is -0.141. The first kappa shape index (κ1) is 32.4. The van der Waals surface area contributed by atoms with Crippen LogP contribution in [-0.2, 0) is 26.2 Å². The first-order valence-electron chi connectivity index (χ1n) is 13.0. The van der Waals surface area contributed by atoms with Gasteiger partial charge in [-0.25, -0.2) is 12.8 Å². The lowest BCUT2D eigenvalue weighted by Crippen LogP contribution is -2.55. The number of sulfonamides is 1. The molecule has 3 aromatic carbocycles. The number of para-hydroxylation sites is 1. The van der Waals surface area contributed by atoms with E-state index in [2.05, 4.69) is 5.32 Å². The standard InChI is InChI=1S/C30H34Cl2FN3O4S/c1-6-26(29(38)34-30(3,4)5)35(18-22-23(31)10-9-11-24(22)32)28(37)19-36(27-13-8-7-12-25(27)33)41(39,40)21-16-14-20(2)15-17-21/h7-17,26H,6,18-19H2,1-5H3,(H,34,38). The van der Waals surface area contributed by atoms with Crippen molar-refractivity contribution in [2.75, 3.05) is 10.8 Å². The van der Waals surface area contributed by atoms with E-state index in [0.29, 0.717) is 5.56 Å². The quantitative estimate of drug-likeness (QED) is 0.285. The van der Waals surface area contributed by atoms with Crippen molar-refractivity contribution in [3.63, 3.8) is 0 Å². The molecule has 3 rings (SSSR count). The van der Waals surface area contributed by atoms with Crippen LogP contribution in [0.2, 0.25) is 10.0 Å². The normalized spacial score (nSPS) is 12.5. The SMILES string of the molecule is CCC(C(=O)NC(C)(C)C)N(Cc1c(Cl)cccc1Cl)C(=O)CN(c1ccccc1F)S(=O)(=O)c1ccc(C)cc1. The molecule has 0 aliphatic carbocycles. The molecule has 1 N–H and O–H groups in total. The van der Waals surface area contributed by atoms with Crippen molar-refractivity contribution in [1.29, 1.82) is 0 Å². The molecule has 0 aliphatic rings. The van der Waals surface area contributed by atoms with Gasteiger partial charge < -0.3 is 10.2 Å².